The van der Waals surface area contributed by atoms with E-state index >= 15 is 0 Å². The minimum absolute atomic E-state index is 0.721. The lowest BCUT2D eigenvalue weighted by molar-refractivity contribution is 0.875. The molecule has 2 heterocycles. The van der Waals surface area contributed by atoms with Gasteiger partial charge < -0.3 is 4.66 Å². The summed E-state index contributed by atoms with van der Waals surface area (Å²) in [7, 11) is -0.721. The Hall–Kier alpha value is -0.113. The van der Waals surface area contributed by atoms with Gasteiger partial charge >= 0.3 is 0 Å². The fourth-order valence-corrected chi connectivity index (χ4v) is 3.80. The second kappa shape index (κ2) is 0.995. The van der Waals surface area contributed by atoms with Crippen LogP contribution in [0.25, 0.3) is 0 Å². The van der Waals surface area contributed by atoms with Crippen molar-refractivity contribution >= 4 is 14.5 Å². The lowest BCUT2D eigenvalue weighted by Crippen LogP contribution is -2.45. The minimum atomic E-state index is -0.721. The summed E-state index contributed by atoms with van der Waals surface area (Å²) in [6, 6.07) is 4.42. The van der Waals surface area contributed by atoms with Crippen LogP contribution < -0.4 is 0 Å². The summed E-state index contributed by atoms with van der Waals surface area (Å²) in [6.45, 7) is 0. The lowest BCUT2D eigenvalue weighted by atomic mass is 10.5. The van der Waals surface area contributed by atoms with Crippen LogP contribution in [0.4, 0.5) is 0 Å². The first-order valence-electron chi connectivity index (χ1n) is 2.95. The topological polar surface area (TPSA) is 12.4 Å². The van der Waals surface area contributed by atoms with Crippen LogP contribution in [0.3, 0.4) is 0 Å². The van der Waals surface area contributed by atoms with Crippen LogP contribution in [0.15, 0.2) is 4.66 Å². The van der Waals surface area contributed by atoms with Crippen LogP contribution in [-0.4, -0.2) is 14.5 Å². The summed E-state index contributed by atoms with van der Waals surface area (Å²) in [5.41, 5.74) is 0. The summed E-state index contributed by atoms with van der Waals surface area (Å²) in [5.74, 6) is 0. The quantitative estimate of drug-likeness (QED) is 0.419. The molecule has 0 saturated carbocycles. The molecule has 1 fully saturated rings. The molecule has 1 spiro atoms. The lowest BCUT2D eigenvalue weighted by Gasteiger charge is -2.39. The minimum Gasteiger partial charge on any atom is -0.333 e. The van der Waals surface area contributed by atoms with E-state index < -0.39 is 8.24 Å². The molecule has 0 aliphatic carbocycles. The van der Waals surface area contributed by atoms with Crippen LogP contribution in [0.1, 0.15) is 6.42 Å². The predicted octanol–water partition coefficient (Wildman–Crippen LogP) is 1.42. The smallest absolute Gasteiger partial charge is 0.185 e. The fourth-order valence-electron chi connectivity index (χ4n) is 1.27. The molecule has 0 atom stereocenters. The summed E-state index contributed by atoms with van der Waals surface area (Å²) < 4.78 is 4.42. The van der Waals surface area contributed by atoms with Gasteiger partial charge in [-0.15, -0.1) is 0 Å². The normalized spacial score (nSPS) is 32.0. The number of hydrogen-bond donors (Lipinski definition) is 0. The van der Waals surface area contributed by atoms with Crippen molar-refractivity contribution in [3.05, 3.63) is 0 Å². The molecule has 2 heteroatoms. The van der Waals surface area contributed by atoms with Gasteiger partial charge in [0.2, 0.25) is 0 Å². The van der Waals surface area contributed by atoms with Gasteiger partial charge in [-0.2, -0.15) is 0 Å². The zero-order chi connectivity index (χ0) is 4.74. The molecule has 2 aliphatic heterocycles. The molecule has 1 saturated heterocycles. The molecule has 0 bridgehead atoms. The monoisotopic (exact) mass is 111 g/mol. The van der Waals surface area contributed by atoms with Gasteiger partial charge in [-0.3, -0.25) is 0 Å². The zero-order valence-electron chi connectivity index (χ0n) is 4.35. The highest BCUT2D eigenvalue weighted by Crippen LogP contribution is 2.39. The Morgan fingerprint density at radius 2 is 2.14 bits per heavy atom. The van der Waals surface area contributed by atoms with Crippen molar-refractivity contribution in [1.82, 2.24) is 0 Å². The third-order valence-electron chi connectivity index (χ3n) is 2.12. The van der Waals surface area contributed by atoms with E-state index in [2.05, 4.69) is 10.9 Å². The van der Waals surface area contributed by atoms with Crippen LogP contribution in [0.5, 0.6) is 0 Å². The Morgan fingerprint density at radius 3 is 2.14 bits per heavy atom. The van der Waals surface area contributed by atoms with E-state index in [4.69, 9.17) is 0 Å². The molecular formula is C5H9NSi. The van der Waals surface area contributed by atoms with Crippen molar-refractivity contribution < 1.29 is 0 Å². The SMILES string of the molecule is C1=N[Si]2(C1)CCC2. The Morgan fingerprint density at radius 1 is 1.43 bits per heavy atom. The molecule has 2 aliphatic rings. The van der Waals surface area contributed by atoms with Crippen molar-refractivity contribution in [2.75, 3.05) is 0 Å². The predicted molar refractivity (Wildman–Crippen MR) is 33.3 cm³/mol. The van der Waals surface area contributed by atoms with Crippen LogP contribution in [0.2, 0.25) is 18.1 Å². The van der Waals surface area contributed by atoms with Crippen LogP contribution in [-0.2, 0) is 0 Å². The van der Waals surface area contributed by atoms with Crippen LogP contribution in [0, 0.1) is 0 Å². The second-order valence-corrected chi connectivity index (χ2v) is 6.71. The van der Waals surface area contributed by atoms with E-state index in [1.54, 1.807) is 0 Å². The molecule has 0 unspecified atom stereocenters. The summed E-state index contributed by atoms with van der Waals surface area (Å²) in [6.07, 6.45) is 3.58. The van der Waals surface area contributed by atoms with Gasteiger partial charge in [0.05, 0.1) is 0 Å². The first kappa shape index (κ1) is 3.84. The van der Waals surface area contributed by atoms with E-state index in [0.717, 1.165) is 0 Å². The van der Waals surface area contributed by atoms with Crippen molar-refractivity contribution in [2.45, 2.75) is 24.6 Å². The standard InChI is InChI=1S/C5H9NSi/c1-3-7(4-1)5-2-6-7/h2H,1,3-5H2. The van der Waals surface area contributed by atoms with E-state index in [9.17, 15) is 0 Å². The van der Waals surface area contributed by atoms with Gasteiger partial charge in [0.1, 0.15) is 0 Å². The molecule has 1 nitrogen and oxygen atoms in total. The zero-order valence-corrected chi connectivity index (χ0v) is 5.35. The van der Waals surface area contributed by atoms with E-state index in [1.165, 1.54) is 24.6 Å². The van der Waals surface area contributed by atoms with Crippen molar-refractivity contribution in [3.8, 4) is 0 Å². The first-order chi connectivity index (χ1) is 3.41. The fraction of sp³-hybridized carbons (Fsp3) is 0.800. The van der Waals surface area contributed by atoms with E-state index in [-0.39, 0.29) is 0 Å². The molecule has 0 amide bonds. The van der Waals surface area contributed by atoms with Crippen molar-refractivity contribution in [3.63, 3.8) is 0 Å². The molecule has 2 rings (SSSR count). The first-order valence-corrected chi connectivity index (χ1v) is 5.52. The van der Waals surface area contributed by atoms with Gasteiger partial charge in [0.15, 0.2) is 8.24 Å². The van der Waals surface area contributed by atoms with Crippen molar-refractivity contribution in [1.29, 1.82) is 0 Å². The maximum Gasteiger partial charge on any atom is 0.185 e. The number of rotatable bonds is 0. The molecular weight excluding hydrogens is 102 g/mol. The molecule has 0 aromatic heterocycles. The highest BCUT2D eigenvalue weighted by molar-refractivity contribution is 6.87. The van der Waals surface area contributed by atoms with Crippen molar-refractivity contribution in [2.24, 2.45) is 4.66 Å². The Labute approximate surface area is 44.5 Å². The molecule has 7 heavy (non-hydrogen) atoms. The van der Waals surface area contributed by atoms with Gasteiger partial charge in [-0.05, 0) is 24.3 Å². The highest BCUT2D eigenvalue weighted by Gasteiger charge is 2.42. The maximum absolute atomic E-state index is 4.42. The van der Waals surface area contributed by atoms with Gasteiger partial charge in [0.25, 0.3) is 0 Å². The largest absolute Gasteiger partial charge is 0.333 e. The summed E-state index contributed by atoms with van der Waals surface area (Å²) >= 11 is 0. The van der Waals surface area contributed by atoms with Gasteiger partial charge in [-0.1, -0.05) is 6.42 Å². The molecule has 38 valence electrons. The third kappa shape index (κ3) is 0.352. The number of hydrogen-bond acceptors (Lipinski definition) is 1. The summed E-state index contributed by atoms with van der Waals surface area (Å²) in [4.78, 5) is 0. The molecule has 0 radical (unpaired) electrons. The average Bonchev–Trinajstić information content (AvgIpc) is 1.20. The highest BCUT2D eigenvalue weighted by atomic mass is 28.3. The second-order valence-electron chi connectivity index (χ2n) is 2.59. The molecule has 0 N–H and O–H groups in total. The Bertz CT molecular complexity index is 115. The number of nitrogens with zero attached hydrogens (tertiary/aromatic N) is 1. The summed E-state index contributed by atoms with van der Waals surface area (Å²) in [5, 5.41) is 0. The third-order valence-corrected chi connectivity index (χ3v) is 6.36. The van der Waals surface area contributed by atoms with E-state index in [0.29, 0.717) is 0 Å². The maximum atomic E-state index is 4.42. The molecule has 0 aromatic rings. The van der Waals surface area contributed by atoms with Gasteiger partial charge in [0, 0.05) is 0 Å². The Kier molecular flexibility index (Phi) is 0.545. The average molecular weight is 111 g/mol. The van der Waals surface area contributed by atoms with Crippen LogP contribution >= 0.6 is 0 Å². The van der Waals surface area contributed by atoms with Gasteiger partial charge in [-0.25, -0.2) is 0 Å². The molecule has 0 aromatic carbocycles. The van der Waals surface area contributed by atoms with E-state index in [1.807, 2.05) is 0 Å². The Balaban J connectivity index is 2.15.